The SMILES string of the molecule is CC1(NC(=O)COc2ccc(S(=O)(=O)NCc3ccccc3)cc2)C=CC=CC1C(=O)[O-]. The zero-order chi connectivity index (χ0) is 23.2. The van der Waals surface area contributed by atoms with Crippen LogP contribution in [0.25, 0.3) is 0 Å². The Morgan fingerprint density at radius 2 is 1.75 bits per heavy atom. The molecule has 2 N–H and O–H groups in total. The lowest BCUT2D eigenvalue weighted by molar-refractivity contribution is -0.311. The van der Waals surface area contributed by atoms with E-state index in [1.165, 1.54) is 30.3 Å². The predicted molar refractivity (Wildman–Crippen MR) is 116 cm³/mol. The summed E-state index contributed by atoms with van der Waals surface area (Å²) in [5, 5.41) is 14.0. The lowest BCUT2D eigenvalue weighted by Crippen LogP contribution is -2.56. The fraction of sp³-hybridized carbons (Fsp3) is 0.217. The van der Waals surface area contributed by atoms with Gasteiger partial charge in [-0.25, -0.2) is 13.1 Å². The largest absolute Gasteiger partial charge is 0.549 e. The van der Waals surface area contributed by atoms with Crippen molar-refractivity contribution in [3.63, 3.8) is 0 Å². The second kappa shape index (κ2) is 9.80. The molecule has 0 saturated heterocycles. The average molecular weight is 456 g/mol. The van der Waals surface area contributed by atoms with Crippen LogP contribution >= 0.6 is 0 Å². The lowest BCUT2D eigenvalue weighted by Gasteiger charge is -2.36. The molecular formula is C23H23N2O6S-. The van der Waals surface area contributed by atoms with Crippen LogP contribution in [0, 0.1) is 5.92 Å². The van der Waals surface area contributed by atoms with Crippen LogP contribution < -0.4 is 19.9 Å². The first kappa shape index (κ1) is 23.2. The minimum absolute atomic E-state index is 0.0636. The van der Waals surface area contributed by atoms with E-state index in [0.29, 0.717) is 5.75 Å². The molecule has 0 aliphatic heterocycles. The van der Waals surface area contributed by atoms with Crippen LogP contribution in [0.3, 0.4) is 0 Å². The van der Waals surface area contributed by atoms with Crippen LogP contribution in [0.5, 0.6) is 5.75 Å². The molecule has 1 aliphatic carbocycles. The summed E-state index contributed by atoms with van der Waals surface area (Å²) in [7, 11) is -3.71. The summed E-state index contributed by atoms with van der Waals surface area (Å²) < 4.78 is 32.8. The van der Waals surface area contributed by atoms with Crippen LogP contribution in [0.2, 0.25) is 0 Å². The molecule has 3 rings (SSSR count). The molecule has 9 heteroatoms. The number of aliphatic carboxylic acids is 1. The number of allylic oxidation sites excluding steroid dienone is 2. The molecule has 2 aromatic rings. The Hall–Kier alpha value is -3.43. The molecule has 2 unspecified atom stereocenters. The van der Waals surface area contributed by atoms with Gasteiger partial charge in [0.15, 0.2) is 6.61 Å². The Bertz CT molecular complexity index is 1130. The molecule has 2 aromatic carbocycles. The summed E-state index contributed by atoms with van der Waals surface area (Å²) in [5.74, 6) is -2.54. The van der Waals surface area contributed by atoms with E-state index in [2.05, 4.69) is 10.0 Å². The third-order valence-corrected chi connectivity index (χ3v) is 6.40. The molecular weight excluding hydrogens is 432 g/mol. The van der Waals surface area contributed by atoms with E-state index in [1.54, 1.807) is 25.2 Å². The third kappa shape index (κ3) is 5.83. The van der Waals surface area contributed by atoms with Crippen molar-refractivity contribution >= 4 is 21.9 Å². The highest BCUT2D eigenvalue weighted by Gasteiger charge is 2.34. The van der Waals surface area contributed by atoms with Crippen molar-refractivity contribution in [3.8, 4) is 5.75 Å². The van der Waals surface area contributed by atoms with E-state index < -0.39 is 33.4 Å². The fourth-order valence-electron chi connectivity index (χ4n) is 3.24. The van der Waals surface area contributed by atoms with Gasteiger partial charge in [0.1, 0.15) is 5.75 Å². The van der Waals surface area contributed by atoms with Gasteiger partial charge in [-0.1, -0.05) is 54.6 Å². The Morgan fingerprint density at radius 3 is 2.41 bits per heavy atom. The minimum Gasteiger partial charge on any atom is -0.549 e. The standard InChI is InChI=1S/C23H24N2O6S/c1-23(14-6-5-9-20(23)22(27)28)25-21(26)16-31-18-10-12-19(13-11-18)32(29,30)24-15-17-7-3-2-4-8-17/h2-14,20,24H,15-16H2,1H3,(H,25,26)(H,27,28)/p-1. The number of carbonyl (C=O) groups is 2. The smallest absolute Gasteiger partial charge is 0.258 e. The number of rotatable bonds is 9. The lowest BCUT2D eigenvalue weighted by atomic mass is 9.82. The minimum atomic E-state index is -3.71. The summed E-state index contributed by atoms with van der Waals surface area (Å²) in [5.41, 5.74) is -0.309. The summed E-state index contributed by atoms with van der Waals surface area (Å²) in [4.78, 5) is 23.7. The van der Waals surface area contributed by atoms with Crippen molar-refractivity contribution in [2.24, 2.45) is 5.92 Å². The highest BCUT2D eigenvalue weighted by Crippen LogP contribution is 2.24. The molecule has 2 atom stereocenters. The molecule has 0 aromatic heterocycles. The third-order valence-electron chi connectivity index (χ3n) is 4.98. The van der Waals surface area contributed by atoms with E-state index in [4.69, 9.17) is 4.74 Å². The summed E-state index contributed by atoms with van der Waals surface area (Å²) in [6.07, 6.45) is 6.25. The number of amides is 1. The van der Waals surface area contributed by atoms with Gasteiger partial charge in [-0.05, 0) is 36.8 Å². The zero-order valence-electron chi connectivity index (χ0n) is 17.4. The number of benzene rings is 2. The molecule has 0 spiro atoms. The highest BCUT2D eigenvalue weighted by molar-refractivity contribution is 7.89. The monoisotopic (exact) mass is 455 g/mol. The second-order valence-corrected chi connectivity index (χ2v) is 9.21. The van der Waals surface area contributed by atoms with Crippen LogP contribution in [0.4, 0.5) is 0 Å². The second-order valence-electron chi connectivity index (χ2n) is 7.44. The van der Waals surface area contributed by atoms with Gasteiger partial charge in [-0.3, -0.25) is 4.79 Å². The van der Waals surface area contributed by atoms with Crippen LogP contribution in [0.1, 0.15) is 12.5 Å². The molecule has 0 bridgehead atoms. The molecule has 8 nitrogen and oxygen atoms in total. The Kier molecular flexibility index (Phi) is 7.12. The van der Waals surface area contributed by atoms with Crippen molar-refractivity contribution in [2.75, 3.05) is 6.61 Å². The van der Waals surface area contributed by atoms with Crippen LogP contribution in [-0.2, 0) is 26.2 Å². The van der Waals surface area contributed by atoms with Crippen LogP contribution in [-0.4, -0.2) is 32.4 Å². The summed E-state index contributed by atoms with van der Waals surface area (Å²) in [6.45, 7) is 1.37. The number of carboxylic acids is 1. The topological polar surface area (TPSA) is 125 Å². The Labute approximate surface area is 186 Å². The highest BCUT2D eigenvalue weighted by atomic mass is 32.2. The molecule has 0 saturated carbocycles. The maximum Gasteiger partial charge on any atom is 0.258 e. The van der Waals surface area contributed by atoms with Crippen molar-refractivity contribution in [3.05, 3.63) is 84.5 Å². The fourth-order valence-corrected chi connectivity index (χ4v) is 4.25. The summed E-state index contributed by atoms with van der Waals surface area (Å²) in [6, 6.07) is 14.8. The number of hydrogen-bond donors (Lipinski definition) is 2. The Morgan fingerprint density at radius 1 is 1.06 bits per heavy atom. The van der Waals surface area contributed by atoms with Gasteiger partial charge in [0.2, 0.25) is 10.0 Å². The first-order valence-electron chi connectivity index (χ1n) is 9.84. The van der Waals surface area contributed by atoms with Gasteiger partial charge in [0, 0.05) is 12.5 Å². The van der Waals surface area contributed by atoms with Gasteiger partial charge < -0.3 is 20.0 Å². The zero-order valence-corrected chi connectivity index (χ0v) is 18.2. The number of hydrogen-bond acceptors (Lipinski definition) is 6. The number of nitrogens with one attached hydrogen (secondary N) is 2. The first-order valence-corrected chi connectivity index (χ1v) is 11.3. The average Bonchev–Trinajstić information content (AvgIpc) is 2.77. The van der Waals surface area contributed by atoms with Gasteiger partial charge in [-0.2, -0.15) is 0 Å². The maximum atomic E-state index is 12.4. The molecule has 1 amide bonds. The molecule has 0 heterocycles. The molecule has 0 radical (unpaired) electrons. The van der Waals surface area contributed by atoms with E-state index in [-0.39, 0.29) is 18.0 Å². The molecule has 0 fully saturated rings. The summed E-state index contributed by atoms with van der Waals surface area (Å²) >= 11 is 0. The predicted octanol–water partition coefficient (Wildman–Crippen LogP) is 0.911. The van der Waals surface area contributed by atoms with Gasteiger partial charge in [-0.15, -0.1) is 0 Å². The van der Waals surface area contributed by atoms with Gasteiger partial charge in [0.05, 0.1) is 16.4 Å². The normalized spacial score (nSPS) is 20.0. The number of sulfonamides is 1. The van der Waals surface area contributed by atoms with E-state index in [1.807, 2.05) is 30.3 Å². The quantitative estimate of drug-likeness (QED) is 0.579. The van der Waals surface area contributed by atoms with Crippen molar-refractivity contribution in [2.45, 2.75) is 23.9 Å². The van der Waals surface area contributed by atoms with E-state index in [9.17, 15) is 23.1 Å². The van der Waals surface area contributed by atoms with E-state index in [0.717, 1.165) is 5.56 Å². The molecule has 1 aliphatic rings. The van der Waals surface area contributed by atoms with Crippen molar-refractivity contribution in [1.82, 2.24) is 10.0 Å². The van der Waals surface area contributed by atoms with Gasteiger partial charge in [0.25, 0.3) is 5.91 Å². The van der Waals surface area contributed by atoms with Crippen molar-refractivity contribution < 1.29 is 27.9 Å². The van der Waals surface area contributed by atoms with E-state index >= 15 is 0 Å². The maximum absolute atomic E-state index is 12.4. The number of ether oxygens (including phenoxy) is 1. The van der Waals surface area contributed by atoms with Crippen LogP contribution in [0.15, 0.2) is 83.8 Å². The number of carbonyl (C=O) groups excluding carboxylic acids is 2. The Balaban J connectivity index is 1.55. The number of carboxylic acid groups (broad SMARTS) is 1. The molecule has 168 valence electrons. The van der Waals surface area contributed by atoms with Crippen molar-refractivity contribution in [1.29, 1.82) is 0 Å². The van der Waals surface area contributed by atoms with Gasteiger partial charge >= 0.3 is 0 Å². The first-order chi connectivity index (χ1) is 15.2. The molecule has 32 heavy (non-hydrogen) atoms.